The average molecular weight is 331 g/mol. The van der Waals surface area contributed by atoms with Crippen molar-refractivity contribution in [1.29, 1.82) is 0 Å². The van der Waals surface area contributed by atoms with E-state index in [2.05, 4.69) is 20.4 Å². The van der Waals surface area contributed by atoms with E-state index in [4.69, 9.17) is 0 Å². The summed E-state index contributed by atoms with van der Waals surface area (Å²) in [6.45, 7) is 3.61. The molecule has 0 aliphatic carbocycles. The zero-order valence-corrected chi connectivity index (χ0v) is 12.6. The lowest BCUT2D eigenvalue weighted by Gasteiger charge is -2.05. The Morgan fingerprint density at radius 1 is 1.35 bits per heavy atom. The predicted molar refractivity (Wildman–Crippen MR) is 76.3 cm³/mol. The normalized spacial score (nSPS) is 11.9. The number of amides is 1. The van der Waals surface area contributed by atoms with Gasteiger partial charge in [0.1, 0.15) is 0 Å². The van der Waals surface area contributed by atoms with Gasteiger partial charge in [-0.2, -0.15) is 22.7 Å². The van der Waals surface area contributed by atoms with E-state index in [-0.39, 0.29) is 17.3 Å². The van der Waals surface area contributed by atoms with Crippen LogP contribution in [0.5, 0.6) is 0 Å². The molecule has 0 aliphatic heterocycles. The first-order valence-electron chi connectivity index (χ1n) is 7.06. The lowest BCUT2D eigenvalue weighted by atomic mass is 10.1. The molecular weight excluding hydrogens is 315 g/mol. The Bertz CT molecular complexity index is 778. The molecule has 0 spiro atoms. The van der Waals surface area contributed by atoms with Crippen molar-refractivity contribution < 1.29 is 18.0 Å². The molecule has 0 saturated carbocycles. The Morgan fingerprint density at radius 3 is 2.65 bits per heavy atom. The highest BCUT2D eigenvalue weighted by molar-refractivity contribution is 5.89. The number of aryl methyl sites for hydroxylation is 1. The predicted octanol–water partition coefficient (Wildman–Crippen LogP) is 1.96. The summed E-state index contributed by atoms with van der Waals surface area (Å²) in [7, 11) is 0. The van der Waals surface area contributed by atoms with Gasteiger partial charge in [-0.1, -0.05) is 13.3 Å². The van der Waals surface area contributed by atoms with Gasteiger partial charge in [0, 0.05) is 12.0 Å². The highest BCUT2D eigenvalue weighted by Gasteiger charge is 2.28. The molecule has 0 unspecified atom stereocenters. The summed E-state index contributed by atoms with van der Waals surface area (Å²) in [5.41, 5.74) is 0.736. The maximum absolute atomic E-state index is 12.3. The number of carbonyl (C=O) groups is 1. The number of nitrogens with zero attached hydrogens (tertiary/aromatic N) is 3. The SMILES string of the molecule is CCCc1c(C)nc2nc(NC(=O)CCC(F)(F)F)[nH]n2c1=O. The lowest BCUT2D eigenvalue weighted by molar-refractivity contribution is -0.142. The monoisotopic (exact) mass is 331 g/mol. The molecule has 0 aliphatic rings. The van der Waals surface area contributed by atoms with Crippen LogP contribution in [0.3, 0.4) is 0 Å². The minimum Gasteiger partial charge on any atom is -0.295 e. The van der Waals surface area contributed by atoms with Gasteiger partial charge in [-0.3, -0.25) is 20.0 Å². The van der Waals surface area contributed by atoms with Crippen LogP contribution >= 0.6 is 0 Å². The largest absolute Gasteiger partial charge is 0.389 e. The third kappa shape index (κ3) is 4.08. The fourth-order valence-electron chi connectivity index (χ4n) is 2.10. The third-order valence-electron chi connectivity index (χ3n) is 3.19. The van der Waals surface area contributed by atoms with Crippen molar-refractivity contribution in [1.82, 2.24) is 19.6 Å². The van der Waals surface area contributed by atoms with E-state index in [1.807, 2.05) is 6.92 Å². The van der Waals surface area contributed by atoms with Gasteiger partial charge in [-0.25, -0.2) is 4.98 Å². The molecule has 2 rings (SSSR count). The molecule has 0 aromatic carbocycles. The van der Waals surface area contributed by atoms with Crippen molar-refractivity contribution in [3.8, 4) is 0 Å². The quantitative estimate of drug-likeness (QED) is 0.876. The molecule has 2 aromatic rings. The van der Waals surface area contributed by atoms with Gasteiger partial charge in [0.2, 0.25) is 11.9 Å². The zero-order valence-electron chi connectivity index (χ0n) is 12.6. The average Bonchev–Trinajstić information content (AvgIpc) is 2.83. The van der Waals surface area contributed by atoms with Crippen LogP contribution in [0.2, 0.25) is 0 Å². The Labute approximate surface area is 128 Å². The van der Waals surface area contributed by atoms with E-state index in [1.165, 1.54) is 0 Å². The molecule has 0 saturated heterocycles. The van der Waals surface area contributed by atoms with Crippen LogP contribution in [-0.2, 0) is 11.2 Å². The highest BCUT2D eigenvalue weighted by Crippen LogP contribution is 2.21. The molecule has 0 bridgehead atoms. The van der Waals surface area contributed by atoms with E-state index in [0.717, 1.165) is 10.9 Å². The van der Waals surface area contributed by atoms with Crippen LogP contribution in [0.1, 0.15) is 37.4 Å². The topological polar surface area (TPSA) is 92.2 Å². The smallest absolute Gasteiger partial charge is 0.295 e. The molecular formula is C13H16F3N5O2. The number of aromatic amines is 1. The van der Waals surface area contributed by atoms with Gasteiger partial charge in [0.05, 0.1) is 12.1 Å². The van der Waals surface area contributed by atoms with Gasteiger partial charge < -0.3 is 0 Å². The minimum atomic E-state index is -4.41. The molecule has 0 atom stereocenters. The van der Waals surface area contributed by atoms with Crippen LogP contribution in [0, 0.1) is 6.92 Å². The Hall–Kier alpha value is -2.39. The summed E-state index contributed by atoms with van der Waals surface area (Å²) in [5.74, 6) is -0.909. The summed E-state index contributed by atoms with van der Waals surface area (Å²) < 4.78 is 37.3. The van der Waals surface area contributed by atoms with E-state index >= 15 is 0 Å². The van der Waals surface area contributed by atoms with Crippen molar-refractivity contribution in [3.63, 3.8) is 0 Å². The second kappa shape index (κ2) is 6.39. The molecule has 2 heterocycles. The van der Waals surface area contributed by atoms with Crippen molar-refractivity contribution in [2.45, 2.75) is 45.7 Å². The maximum atomic E-state index is 12.3. The number of H-pyrrole nitrogens is 1. The molecule has 10 heteroatoms. The second-order valence-electron chi connectivity index (χ2n) is 5.10. The van der Waals surface area contributed by atoms with Crippen molar-refractivity contribution in [2.75, 3.05) is 5.32 Å². The van der Waals surface area contributed by atoms with E-state index < -0.39 is 24.9 Å². The summed E-state index contributed by atoms with van der Waals surface area (Å²) in [6, 6.07) is 0. The van der Waals surface area contributed by atoms with Gasteiger partial charge >= 0.3 is 6.18 Å². The number of nitrogens with one attached hydrogen (secondary N) is 2. The Balaban J connectivity index is 2.22. The molecule has 126 valence electrons. The number of alkyl halides is 3. The lowest BCUT2D eigenvalue weighted by Crippen LogP contribution is -2.22. The van der Waals surface area contributed by atoms with Gasteiger partial charge in [0.15, 0.2) is 0 Å². The van der Waals surface area contributed by atoms with Crippen LogP contribution in [0.15, 0.2) is 4.79 Å². The van der Waals surface area contributed by atoms with Crippen molar-refractivity contribution in [3.05, 3.63) is 21.6 Å². The van der Waals surface area contributed by atoms with E-state index in [1.54, 1.807) is 6.92 Å². The maximum Gasteiger partial charge on any atom is 0.389 e. The second-order valence-corrected chi connectivity index (χ2v) is 5.10. The molecule has 2 N–H and O–H groups in total. The van der Waals surface area contributed by atoms with E-state index in [9.17, 15) is 22.8 Å². The van der Waals surface area contributed by atoms with Crippen molar-refractivity contribution >= 4 is 17.6 Å². The standard InChI is InChI=1S/C13H16F3N5O2/c1-3-4-8-7(2)17-12-19-11(20-21(12)10(8)23)18-9(22)5-6-13(14,15)16/h3-6H2,1-2H3,(H2,17,18,19,20,22). The summed E-state index contributed by atoms with van der Waals surface area (Å²) in [4.78, 5) is 31.8. The summed E-state index contributed by atoms with van der Waals surface area (Å²) >= 11 is 0. The number of halogens is 3. The highest BCUT2D eigenvalue weighted by atomic mass is 19.4. The van der Waals surface area contributed by atoms with Gasteiger partial charge in [-0.15, -0.1) is 0 Å². The number of aromatic nitrogens is 4. The van der Waals surface area contributed by atoms with Crippen molar-refractivity contribution in [2.24, 2.45) is 0 Å². The number of hydrogen-bond acceptors (Lipinski definition) is 4. The first-order chi connectivity index (χ1) is 10.7. The van der Waals surface area contributed by atoms with E-state index in [0.29, 0.717) is 17.7 Å². The number of fused-ring (bicyclic) bond motifs is 1. The van der Waals surface area contributed by atoms with Crippen LogP contribution in [-0.4, -0.2) is 31.7 Å². The zero-order chi connectivity index (χ0) is 17.2. The molecule has 0 fully saturated rings. The number of hydrogen-bond donors (Lipinski definition) is 2. The Morgan fingerprint density at radius 2 is 2.04 bits per heavy atom. The third-order valence-corrected chi connectivity index (χ3v) is 3.19. The number of anilines is 1. The van der Waals surface area contributed by atoms with Crippen LogP contribution in [0.4, 0.5) is 19.1 Å². The fraction of sp³-hybridized carbons (Fsp3) is 0.538. The van der Waals surface area contributed by atoms with Crippen LogP contribution < -0.4 is 10.9 Å². The summed E-state index contributed by atoms with van der Waals surface area (Å²) in [6.07, 6.45) is -5.04. The first kappa shape index (κ1) is 17.0. The van der Waals surface area contributed by atoms with Crippen LogP contribution in [0.25, 0.3) is 5.78 Å². The molecule has 7 nitrogen and oxygen atoms in total. The number of carbonyl (C=O) groups excluding carboxylic acids is 1. The molecule has 2 aromatic heterocycles. The molecule has 0 radical (unpaired) electrons. The fourth-order valence-corrected chi connectivity index (χ4v) is 2.10. The molecule has 1 amide bonds. The van der Waals surface area contributed by atoms with Gasteiger partial charge in [-0.05, 0) is 13.3 Å². The number of rotatable bonds is 5. The minimum absolute atomic E-state index is 0.0541. The molecule has 23 heavy (non-hydrogen) atoms. The Kier molecular flexibility index (Phi) is 4.71. The first-order valence-corrected chi connectivity index (χ1v) is 7.06. The summed E-state index contributed by atoms with van der Waals surface area (Å²) in [5, 5.41) is 4.73. The van der Waals surface area contributed by atoms with Gasteiger partial charge in [0.25, 0.3) is 11.3 Å².